The second-order valence-corrected chi connectivity index (χ2v) is 16.7. The van der Waals surface area contributed by atoms with E-state index in [0.717, 1.165) is 50.1 Å². The first-order valence-corrected chi connectivity index (χ1v) is 21.7. The van der Waals surface area contributed by atoms with Gasteiger partial charge >= 0.3 is 0 Å². The molecule has 4 nitrogen and oxygen atoms in total. The Kier molecular flexibility index (Phi) is 8.65. The van der Waals surface area contributed by atoms with Gasteiger partial charge in [-0.3, -0.25) is 0 Å². The predicted octanol–water partition coefficient (Wildman–Crippen LogP) is 15.3. The summed E-state index contributed by atoms with van der Waals surface area (Å²) in [4.78, 5) is 15.4. The lowest BCUT2D eigenvalue weighted by molar-refractivity contribution is 1.07. The van der Waals surface area contributed by atoms with Gasteiger partial charge in [-0.15, -0.1) is 11.3 Å². The molecule has 3 heterocycles. The van der Waals surface area contributed by atoms with Gasteiger partial charge in [-0.05, 0) is 75.8 Å². The summed E-state index contributed by atoms with van der Waals surface area (Å²) in [5.74, 6) is 1.88. The predicted molar refractivity (Wildman–Crippen MR) is 260 cm³/mol. The smallest absolute Gasteiger partial charge is 0.164 e. The third-order valence-electron chi connectivity index (χ3n) is 11.8. The molecule has 0 radical (unpaired) electrons. The molecule has 3 aromatic heterocycles. The number of hydrogen-bond donors (Lipinski definition) is 0. The number of rotatable bonds is 7. The molecule has 0 fully saturated rings. The Morgan fingerprint density at radius 1 is 0.306 bits per heavy atom. The second kappa shape index (κ2) is 14.9. The van der Waals surface area contributed by atoms with Crippen LogP contribution in [0.1, 0.15) is 0 Å². The minimum Gasteiger partial charge on any atom is -0.309 e. The zero-order valence-electron chi connectivity index (χ0n) is 33.5. The molecule has 0 amide bonds. The number of aromatic nitrogens is 4. The van der Waals surface area contributed by atoms with Crippen LogP contribution in [-0.4, -0.2) is 19.5 Å². The lowest BCUT2D eigenvalue weighted by Gasteiger charge is -2.15. The second-order valence-electron chi connectivity index (χ2n) is 15.6. The maximum absolute atomic E-state index is 5.20. The van der Waals surface area contributed by atoms with Crippen LogP contribution in [0.15, 0.2) is 218 Å². The van der Waals surface area contributed by atoms with Crippen molar-refractivity contribution in [2.45, 2.75) is 0 Å². The van der Waals surface area contributed by atoms with E-state index in [0.29, 0.717) is 17.5 Å². The van der Waals surface area contributed by atoms with E-state index >= 15 is 0 Å². The summed E-state index contributed by atoms with van der Waals surface area (Å²) in [5, 5.41) is 5.08. The fourth-order valence-corrected chi connectivity index (χ4v) is 10.1. The Labute approximate surface area is 362 Å². The molecule has 0 aliphatic carbocycles. The van der Waals surface area contributed by atoms with Crippen LogP contribution in [0.5, 0.6) is 0 Å². The van der Waals surface area contributed by atoms with E-state index in [1.165, 1.54) is 47.6 Å². The Bertz CT molecular complexity index is 3550. The van der Waals surface area contributed by atoms with Crippen LogP contribution in [-0.2, 0) is 0 Å². The summed E-state index contributed by atoms with van der Waals surface area (Å²) >= 11 is 1.87. The molecule has 290 valence electrons. The number of para-hydroxylation sites is 1. The maximum atomic E-state index is 5.20. The lowest BCUT2D eigenvalue weighted by Crippen LogP contribution is -2.01. The van der Waals surface area contributed by atoms with Crippen molar-refractivity contribution in [2.75, 3.05) is 0 Å². The van der Waals surface area contributed by atoms with Gasteiger partial charge in [-0.2, -0.15) is 0 Å². The molecule has 0 atom stereocenters. The van der Waals surface area contributed by atoms with Crippen molar-refractivity contribution in [2.24, 2.45) is 0 Å². The molecule has 0 unspecified atom stereocenters. The molecule has 0 saturated heterocycles. The fourth-order valence-electron chi connectivity index (χ4n) is 8.85. The Balaban J connectivity index is 1.08. The normalized spacial score (nSPS) is 11.5. The number of fused-ring (bicyclic) bond motifs is 7. The van der Waals surface area contributed by atoms with Crippen LogP contribution in [0.4, 0.5) is 0 Å². The van der Waals surface area contributed by atoms with Crippen LogP contribution in [0.25, 0.3) is 115 Å². The van der Waals surface area contributed by atoms with Gasteiger partial charge in [0.2, 0.25) is 0 Å². The molecule has 0 aliphatic rings. The summed E-state index contributed by atoms with van der Waals surface area (Å²) in [6.45, 7) is 0. The first kappa shape index (κ1) is 35.9. The number of nitrogens with zero attached hydrogens (tertiary/aromatic N) is 4. The van der Waals surface area contributed by atoms with Gasteiger partial charge in [-0.1, -0.05) is 176 Å². The van der Waals surface area contributed by atoms with Gasteiger partial charge in [0.05, 0.1) is 11.0 Å². The number of benzene rings is 9. The Morgan fingerprint density at radius 2 is 0.790 bits per heavy atom. The van der Waals surface area contributed by atoms with Crippen molar-refractivity contribution in [1.29, 1.82) is 0 Å². The van der Waals surface area contributed by atoms with Crippen LogP contribution in [0.2, 0.25) is 0 Å². The molecular formula is C57H36N4S. The van der Waals surface area contributed by atoms with Crippen molar-refractivity contribution in [3.8, 4) is 73.2 Å². The summed E-state index contributed by atoms with van der Waals surface area (Å²) in [6, 6.07) is 77.5. The van der Waals surface area contributed by atoms with Crippen molar-refractivity contribution >= 4 is 53.3 Å². The van der Waals surface area contributed by atoms with Crippen molar-refractivity contribution in [3.05, 3.63) is 218 Å². The van der Waals surface area contributed by atoms with E-state index in [2.05, 4.69) is 187 Å². The average Bonchev–Trinajstić information content (AvgIpc) is 3.91. The van der Waals surface area contributed by atoms with E-state index in [9.17, 15) is 0 Å². The van der Waals surface area contributed by atoms with Crippen molar-refractivity contribution < 1.29 is 0 Å². The third kappa shape index (κ3) is 6.26. The van der Waals surface area contributed by atoms with Gasteiger partial charge in [0.15, 0.2) is 17.5 Å². The van der Waals surface area contributed by atoms with Gasteiger partial charge in [-0.25, -0.2) is 15.0 Å². The molecular weight excluding hydrogens is 773 g/mol. The van der Waals surface area contributed by atoms with Crippen molar-refractivity contribution in [1.82, 2.24) is 19.5 Å². The molecule has 12 rings (SSSR count). The van der Waals surface area contributed by atoms with E-state index in [4.69, 9.17) is 15.0 Å². The van der Waals surface area contributed by atoms with Gasteiger partial charge < -0.3 is 4.57 Å². The minimum atomic E-state index is 0.614. The monoisotopic (exact) mass is 808 g/mol. The molecule has 0 bridgehead atoms. The van der Waals surface area contributed by atoms with E-state index in [1.807, 2.05) is 47.7 Å². The largest absolute Gasteiger partial charge is 0.309 e. The van der Waals surface area contributed by atoms with E-state index in [1.54, 1.807) is 0 Å². The topological polar surface area (TPSA) is 43.6 Å². The first-order chi connectivity index (χ1) is 30.7. The molecule has 0 spiro atoms. The summed E-state index contributed by atoms with van der Waals surface area (Å²) < 4.78 is 5.02. The maximum Gasteiger partial charge on any atom is 0.164 e. The fraction of sp³-hybridized carbons (Fsp3) is 0. The molecule has 0 aliphatic heterocycles. The van der Waals surface area contributed by atoms with Crippen LogP contribution < -0.4 is 0 Å². The number of hydrogen-bond acceptors (Lipinski definition) is 4. The lowest BCUT2D eigenvalue weighted by atomic mass is 9.96. The Hall–Kier alpha value is -7.99. The molecule has 0 N–H and O–H groups in total. The third-order valence-corrected chi connectivity index (χ3v) is 13.0. The van der Waals surface area contributed by atoms with Crippen LogP contribution >= 0.6 is 11.3 Å². The minimum absolute atomic E-state index is 0.614. The quantitative estimate of drug-likeness (QED) is 0.161. The molecule has 9 aromatic carbocycles. The molecule has 0 saturated carbocycles. The average molecular weight is 809 g/mol. The summed E-state index contributed by atoms with van der Waals surface area (Å²) in [7, 11) is 0. The van der Waals surface area contributed by atoms with Crippen LogP contribution in [0, 0.1) is 0 Å². The van der Waals surface area contributed by atoms with Gasteiger partial charge in [0, 0.05) is 53.3 Å². The Morgan fingerprint density at radius 3 is 1.45 bits per heavy atom. The SMILES string of the molecule is c1ccc(-c2cccc(-c3ccc(-c4cc(-c5nc(-c6ccccc6)nc(-c6ccccc6)n5)cc(-n5c6ccccc6c6c7sc8ccccc8c7ccc65)c4)cc3)c2)cc1. The zero-order chi connectivity index (χ0) is 41.0. The molecule has 5 heteroatoms. The van der Waals surface area contributed by atoms with Gasteiger partial charge in [0.1, 0.15) is 0 Å². The highest BCUT2D eigenvalue weighted by Gasteiger charge is 2.20. The summed E-state index contributed by atoms with van der Waals surface area (Å²) in [5.41, 5.74) is 13.0. The van der Waals surface area contributed by atoms with E-state index < -0.39 is 0 Å². The highest BCUT2D eigenvalue weighted by atomic mass is 32.1. The first-order valence-electron chi connectivity index (χ1n) is 20.8. The number of thiophene rings is 1. The highest BCUT2D eigenvalue weighted by molar-refractivity contribution is 7.26. The van der Waals surface area contributed by atoms with E-state index in [-0.39, 0.29) is 0 Å². The molecule has 62 heavy (non-hydrogen) atoms. The summed E-state index contributed by atoms with van der Waals surface area (Å²) in [6.07, 6.45) is 0. The van der Waals surface area contributed by atoms with Crippen LogP contribution in [0.3, 0.4) is 0 Å². The standard InChI is InChI=1S/C57H36N4S/c1-4-15-37(16-5-1)42-21-14-22-43(33-42)38-27-29-39(30-28-38)44-34-45(57-59-55(40-17-6-2-7-18-40)58-56(60-57)41-19-8-3-9-20-41)36-46(35-44)61-50-25-12-10-24-49(50)53-51(61)32-31-48-47-23-11-13-26-52(47)62-54(48)53/h1-36H. The highest BCUT2D eigenvalue weighted by Crippen LogP contribution is 2.44. The van der Waals surface area contributed by atoms with Gasteiger partial charge in [0.25, 0.3) is 0 Å². The zero-order valence-corrected chi connectivity index (χ0v) is 34.3. The molecule has 12 aromatic rings. The van der Waals surface area contributed by atoms with Crippen molar-refractivity contribution in [3.63, 3.8) is 0 Å².